The molecule has 0 spiro atoms. The molecule has 0 saturated heterocycles. The van der Waals surface area contributed by atoms with Gasteiger partial charge in [-0.2, -0.15) is 5.10 Å². The number of carbonyl (C=O) groups excluding carboxylic acids is 1. The van der Waals surface area contributed by atoms with Crippen LogP contribution >= 0.6 is 0 Å². The first-order chi connectivity index (χ1) is 10.3. The van der Waals surface area contributed by atoms with Crippen LogP contribution in [0.25, 0.3) is 0 Å². The van der Waals surface area contributed by atoms with Gasteiger partial charge in [0.2, 0.25) is 0 Å². The number of amides is 1. The van der Waals surface area contributed by atoms with Crippen molar-refractivity contribution in [2.24, 2.45) is 0 Å². The maximum absolute atomic E-state index is 12.4. The van der Waals surface area contributed by atoms with Crippen LogP contribution in [0.2, 0.25) is 0 Å². The molecule has 0 bridgehead atoms. The zero-order valence-electron chi connectivity index (χ0n) is 12.9. The number of carboxylic acids is 1. The fourth-order valence-corrected chi connectivity index (χ4v) is 1.92. The molecule has 2 rings (SSSR count). The molecule has 1 N–H and O–H groups in total. The molecule has 0 aliphatic rings. The smallest absolute Gasteiger partial charge is 0.329 e. The molecule has 1 heterocycles. The second kappa shape index (κ2) is 6.01. The number of rotatable bonds is 5. The Labute approximate surface area is 129 Å². The number of benzene rings is 1. The van der Waals surface area contributed by atoms with Crippen LogP contribution in [0.15, 0.2) is 42.7 Å². The van der Waals surface area contributed by atoms with Gasteiger partial charge in [-0.05, 0) is 19.4 Å². The third kappa shape index (κ3) is 3.16. The number of aromatic nitrogens is 2. The third-order valence-corrected chi connectivity index (χ3v) is 3.73. The topological polar surface area (TPSA) is 75.4 Å². The Bertz CT molecular complexity index is 677. The molecule has 22 heavy (non-hydrogen) atoms. The van der Waals surface area contributed by atoms with Gasteiger partial charge in [0.05, 0.1) is 18.3 Å². The van der Waals surface area contributed by atoms with E-state index in [2.05, 4.69) is 5.10 Å². The minimum atomic E-state index is -1.28. The van der Waals surface area contributed by atoms with Crippen LogP contribution < -0.4 is 0 Å². The molecule has 0 aliphatic heterocycles. The Morgan fingerprint density at radius 3 is 2.50 bits per heavy atom. The van der Waals surface area contributed by atoms with E-state index in [4.69, 9.17) is 0 Å². The number of likely N-dealkylation sites (N-methyl/N-ethyl adjacent to an activating group) is 1. The van der Waals surface area contributed by atoms with Crippen molar-refractivity contribution in [3.63, 3.8) is 0 Å². The third-order valence-electron chi connectivity index (χ3n) is 3.73. The molecule has 1 aromatic heterocycles. The standard InChI is InChI=1S/C16H19N3O3/c1-16(2,15(21)22)18(3)14(20)13-9-17-19(11-13)10-12-7-5-4-6-8-12/h4-9,11H,10H2,1-3H3,(H,21,22). The van der Waals surface area contributed by atoms with Crippen molar-refractivity contribution in [1.29, 1.82) is 0 Å². The van der Waals surface area contributed by atoms with Gasteiger partial charge in [-0.3, -0.25) is 9.48 Å². The summed E-state index contributed by atoms with van der Waals surface area (Å²) < 4.78 is 1.66. The summed E-state index contributed by atoms with van der Waals surface area (Å²) >= 11 is 0. The van der Waals surface area contributed by atoms with Crippen molar-refractivity contribution < 1.29 is 14.7 Å². The van der Waals surface area contributed by atoms with Crippen LogP contribution in [0.3, 0.4) is 0 Å². The van der Waals surface area contributed by atoms with E-state index in [1.165, 1.54) is 32.0 Å². The van der Waals surface area contributed by atoms with Gasteiger partial charge in [0.25, 0.3) is 5.91 Å². The van der Waals surface area contributed by atoms with Crippen molar-refractivity contribution in [2.45, 2.75) is 25.9 Å². The van der Waals surface area contributed by atoms with E-state index in [1.807, 2.05) is 30.3 Å². The number of nitrogens with zero attached hydrogens (tertiary/aromatic N) is 3. The van der Waals surface area contributed by atoms with Crippen molar-refractivity contribution in [1.82, 2.24) is 14.7 Å². The fourth-order valence-electron chi connectivity index (χ4n) is 1.92. The van der Waals surface area contributed by atoms with Gasteiger partial charge in [0.1, 0.15) is 5.54 Å². The lowest BCUT2D eigenvalue weighted by Crippen LogP contribution is -2.50. The Morgan fingerprint density at radius 1 is 1.27 bits per heavy atom. The highest BCUT2D eigenvalue weighted by atomic mass is 16.4. The Balaban J connectivity index is 2.14. The summed E-state index contributed by atoms with van der Waals surface area (Å²) in [5, 5.41) is 13.4. The van der Waals surface area contributed by atoms with Gasteiger partial charge in [0, 0.05) is 13.2 Å². The number of hydrogen-bond donors (Lipinski definition) is 1. The van der Waals surface area contributed by atoms with Crippen molar-refractivity contribution in [2.75, 3.05) is 7.05 Å². The molecule has 6 nitrogen and oxygen atoms in total. The molecule has 0 radical (unpaired) electrons. The minimum absolute atomic E-state index is 0.368. The van der Waals surface area contributed by atoms with E-state index in [9.17, 15) is 14.7 Å². The van der Waals surface area contributed by atoms with E-state index in [-0.39, 0.29) is 5.91 Å². The average Bonchev–Trinajstić information content (AvgIpc) is 2.95. The van der Waals surface area contributed by atoms with Crippen LogP contribution in [-0.2, 0) is 11.3 Å². The second-order valence-electron chi connectivity index (χ2n) is 5.64. The zero-order valence-corrected chi connectivity index (χ0v) is 12.9. The summed E-state index contributed by atoms with van der Waals surface area (Å²) in [4.78, 5) is 24.8. The van der Waals surface area contributed by atoms with E-state index in [1.54, 1.807) is 10.9 Å². The molecule has 6 heteroatoms. The van der Waals surface area contributed by atoms with Crippen LogP contribution in [0.4, 0.5) is 0 Å². The summed E-state index contributed by atoms with van der Waals surface area (Å²) in [6, 6.07) is 9.76. The van der Waals surface area contributed by atoms with E-state index < -0.39 is 11.5 Å². The maximum Gasteiger partial charge on any atom is 0.329 e. The predicted molar refractivity (Wildman–Crippen MR) is 81.6 cm³/mol. The molecule has 0 unspecified atom stereocenters. The lowest BCUT2D eigenvalue weighted by atomic mass is 10.0. The largest absolute Gasteiger partial charge is 0.480 e. The first-order valence-corrected chi connectivity index (χ1v) is 6.90. The SMILES string of the molecule is CN(C(=O)c1cnn(Cc2ccccc2)c1)C(C)(C)C(=O)O. The first-order valence-electron chi connectivity index (χ1n) is 6.90. The highest BCUT2D eigenvalue weighted by Gasteiger charge is 2.35. The van der Waals surface area contributed by atoms with Crippen LogP contribution in [0.1, 0.15) is 29.8 Å². The van der Waals surface area contributed by atoms with Gasteiger partial charge in [-0.1, -0.05) is 30.3 Å². The molecule has 1 aromatic carbocycles. The van der Waals surface area contributed by atoms with Crippen molar-refractivity contribution in [3.05, 3.63) is 53.9 Å². The number of aliphatic carboxylic acids is 1. The molecule has 0 fully saturated rings. The summed E-state index contributed by atoms with van der Waals surface area (Å²) in [5.41, 5.74) is 0.162. The number of carbonyl (C=O) groups is 2. The molecule has 2 aromatic rings. The highest BCUT2D eigenvalue weighted by molar-refractivity contribution is 5.97. The van der Waals surface area contributed by atoms with Crippen molar-refractivity contribution in [3.8, 4) is 0 Å². The molecule has 0 saturated carbocycles. The number of hydrogen-bond acceptors (Lipinski definition) is 3. The summed E-state index contributed by atoms with van der Waals surface area (Å²) in [6.45, 7) is 3.53. The quantitative estimate of drug-likeness (QED) is 0.914. The predicted octanol–water partition coefficient (Wildman–Crippen LogP) is 1.87. The van der Waals surface area contributed by atoms with E-state index in [0.29, 0.717) is 12.1 Å². The van der Waals surface area contributed by atoms with Gasteiger partial charge < -0.3 is 10.0 Å². The molecule has 0 atom stereocenters. The highest BCUT2D eigenvalue weighted by Crippen LogP contribution is 2.16. The van der Waals surface area contributed by atoms with Crippen LogP contribution in [0.5, 0.6) is 0 Å². The summed E-state index contributed by atoms with van der Waals surface area (Å²) in [5.74, 6) is -1.42. The average molecular weight is 301 g/mol. The van der Waals surface area contributed by atoms with Crippen LogP contribution in [0, 0.1) is 0 Å². The van der Waals surface area contributed by atoms with Crippen molar-refractivity contribution >= 4 is 11.9 Å². The molecular formula is C16H19N3O3. The lowest BCUT2D eigenvalue weighted by Gasteiger charge is -2.31. The Hall–Kier alpha value is -2.63. The monoisotopic (exact) mass is 301 g/mol. The fraction of sp³-hybridized carbons (Fsp3) is 0.312. The Morgan fingerprint density at radius 2 is 1.91 bits per heavy atom. The molecular weight excluding hydrogens is 282 g/mol. The van der Waals surface area contributed by atoms with Crippen LogP contribution in [-0.4, -0.2) is 44.3 Å². The zero-order chi connectivity index (χ0) is 16.3. The van der Waals surface area contributed by atoms with Gasteiger partial charge >= 0.3 is 5.97 Å². The van der Waals surface area contributed by atoms with Gasteiger partial charge in [-0.25, -0.2) is 4.79 Å². The molecule has 116 valence electrons. The maximum atomic E-state index is 12.4. The van der Waals surface area contributed by atoms with E-state index in [0.717, 1.165) is 5.56 Å². The van der Waals surface area contributed by atoms with Gasteiger partial charge in [-0.15, -0.1) is 0 Å². The lowest BCUT2D eigenvalue weighted by molar-refractivity contribution is -0.147. The van der Waals surface area contributed by atoms with Gasteiger partial charge in [0.15, 0.2) is 0 Å². The Kier molecular flexibility index (Phi) is 4.30. The summed E-state index contributed by atoms with van der Waals surface area (Å²) in [6.07, 6.45) is 3.09. The first kappa shape index (κ1) is 15.8. The minimum Gasteiger partial charge on any atom is -0.480 e. The molecule has 1 amide bonds. The normalized spacial score (nSPS) is 11.2. The number of carboxylic acid groups (broad SMARTS) is 1. The van der Waals surface area contributed by atoms with E-state index >= 15 is 0 Å². The molecule has 0 aliphatic carbocycles. The summed E-state index contributed by atoms with van der Waals surface area (Å²) in [7, 11) is 1.48. The second-order valence-corrected chi connectivity index (χ2v) is 5.64.